The zero-order valence-corrected chi connectivity index (χ0v) is 20.1. The Morgan fingerprint density at radius 2 is 0.852 bits per heavy atom. The molecule has 0 saturated carbocycles. The van der Waals surface area contributed by atoms with Crippen molar-refractivity contribution in [2.24, 2.45) is 0 Å². The fourth-order valence-electron chi connectivity index (χ4n) is 2.39. The molecule has 138 valence electrons. The van der Waals surface area contributed by atoms with Crippen LogP contribution in [-0.4, -0.2) is 45.5 Å². The summed E-state index contributed by atoms with van der Waals surface area (Å²) >= 11 is 0. The molecule has 3 aromatic rings. The van der Waals surface area contributed by atoms with E-state index in [1.54, 1.807) is 18.2 Å². The van der Waals surface area contributed by atoms with Crippen molar-refractivity contribution in [3.8, 4) is 17.2 Å². The zero-order valence-electron chi connectivity index (χ0n) is 17.7. The first kappa shape index (κ1) is 22.1. The van der Waals surface area contributed by atoms with E-state index in [1.807, 2.05) is 75.4 Å². The Labute approximate surface area is 200 Å². The van der Waals surface area contributed by atoms with Gasteiger partial charge >= 0.3 is 53.3 Å². The molecular formula is C21H23O4PSr. The molecule has 3 rings (SSSR count). The number of hydrogen-bond donors (Lipinski definition) is 0. The molecule has 0 aliphatic carbocycles. The fraction of sp³-hybridized carbons (Fsp3) is 0.143. The molecule has 0 unspecified atom stereocenters. The van der Waals surface area contributed by atoms with Crippen molar-refractivity contribution >= 4 is 53.3 Å². The quantitative estimate of drug-likeness (QED) is 0.331. The smallest absolute Gasteiger partial charge is 1.00 e. The summed E-state index contributed by atoms with van der Waals surface area (Å²) in [6.45, 7) is 5.63. The van der Waals surface area contributed by atoms with Crippen LogP contribution in [0.15, 0.2) is 72.8 Å². The molecule has 4 nitrogen and oxygen atoms in total. The zero-order chi connectivity index (χ0) is 18.6. The van der Waals surface area contributed by atoms with Crippen LogP contribution in [0.25, 0.3) is 0 Å². The summed E-state index contributed by atoms with van der Waals surface area (Å²) in [7, 11) is -3.97. The molecule has 6 heteroatoms. The predicted molar refractivity (Wildman–Crippen MR) is 111 cm³/mol. The number of rotatable bonds is 6. The molecule has 0 fully saturated rings. The molecular weight excluding hydrogens is 435 g/mol. The van der Waals surface area contributed by atoms with Crippen LogP contribution in [-0.2, 0) is 4.57 Å². The maximum absolute atomic E-state index is 13.5. The number of phosphoric ester groups is 1. The van der Waals surface area contributed by atoms with E-state index in [4.69, 9.17) is 13.6 Å². The normalized spacial score (nSPS) is 10.6. The van der Waals surface area contributed by atoms with Crippen LogP contribution < -0.4 is 13.6 Å². The van der Waals surface area contributed by atoms with Crippen LogP contribution in [0.5, 0.6) is 17.2 Å². The summed E-state index contributed by atoms with van der Waals surface area (Å²) in [5.41, 5.74) is 2.53. The topological polar surface area (TPSA) is 44.8 Å². The van der Waals surface area contributed by atoms with Gasteiger partial charge in [-0.3, -0.25) is 0 Å². The van der Waals surface area contributed by atoms with E-state index in [9.17, 15) is 4.57 Å². The maximum Gasteiger partial charge on any atom is 2.00 e. The van der Waals surface area contributed by atoms with E-state index in [2.05, 4.69) is 0 Å². The van der Waals surface area contributed by atoms with E-state index in [0.717, 1.165) is 16.7 Å². The van der Waals surface area contributed by atoms with E-state index in [1.165, 1.54) is 0 Å². The first-order valence-electron chi connectivity index (χ1n) is 8.32. The summed E-state index contributed by atoms with van der Waals surface area (Å²) in [6.07, 6.45) is 0. The van der Waals surface area contributed by atoms with Crippen molar-refractivity contribution in [2.75, 3.05) is 0 Å². The Bertz CT molecular complexity index is 846. The standard InChI is InChI=1S/C21H21O4P.Sr.2H/c1-16-10-4-7-13-19(16)23-26(22,24-20-14-8-5-11-17(20)2)25-21-15-9-6-12-18(21)3;;;/h4-15H,1-3H3;;;/q;+2;2*-1. The van der Waals surface area contributed by atoms with Crippen molar-refractivity contribution in [3.05, 3.63) is 89.5 Å². The first-order chi connectivity index (χ1) is 12.5. The monoisotopic (exact) mass is 458 g/mol. The van der Waals surface area contributed by atoms with Crippen molar-refractivity contribution in [3.63, 3.8) is 0 Å². The number of para-hydroxylation sites is 3. The summed E-state index contributed by atoms with van der Waals surface area (Å²) in [5.74, 6) is 1.37. The molecule has 0 radical (unpaired) electrons. The van der Waals surface area contributed by atoms with Crippen molar-refractivity contribution in [1.82, 2.24) is 0 Å². The number of aryl methyl sites for hydroxylation is 3. The van der Waals surface area contributed by atoms with E-state index in [0.29, 0.717) is 17.2 Å². The summed E-state index contributed by atoms with van der Waals surface area (Å²) in [5, 5.41) is 0. The summed E-state index contributed by atoms with van der Waals surface area (Å²) in [4.78, 5) is 0. The molecule has 0 aliphatic rings. The second-order valence-corrected chi connectivity index (χ2v) is 7.46. The molecule has 0 heterocycles. The Balaban J connectivity index is 0.00000261. The minimum atomic E-state index is -3.97. The van der Waals surface area contributed by atoms with Gasteiger partial charge in [0.1, 0.15) is 17.2 Å². The van der Waals surface area contributed by atoms with Gasteiger partial charge in [-0.15, -0.1) is 0 Å². The molecule has 3 aromatic carbocycles. The Morgan fingerprint density at radius 1 is 0.593 bits per heavy atom. The Morgan fingerprint density at radius 3 is 1.11 bits per heavy atom. The van der Waals surface area contributed by atoms with Crippen LogP contribution in [0, 0.1) is 20.8 Å². The Kier molecular flexibility index (Phi) is 8.02. The molecule has 0 amide bonds. The van der Waals surface area contributed by atoms with E-state index < -0.39 is 7.82 Å². The Hall–Kier alpha value is -1.23. The molecule has 0 N–H and O–H groups in total. The van der Waals surface area contributed by atoms with Crippen molar-refractivity contribution < 1.29 is 21.0 Å². The molecule has 0 saturated heterocycles. The molecule has 0 spiro atoms. The second kappa shape index (κ2) is 9.81. The third-order valence-corrected chi connectivity index (χ3v) is 5.17. The van der Waals surface area contributed by atoms with Gasteiger partial charge in [-0.25, -0.2) is 0 Å². The van der Waals surface area contributed by atoms with Gasteiger partial charge in [0, 0.05) is 0 Å². The SMILES string of the molecule is Cc1ccccc1OP(=O)(Oc1ccccc1C)Oc1ccccc1C.[H-].[H-].[Sr+2]. The molecule has 0 atom stereocenters. The van der Waals surface area contributed by atoms with Crippen LogP contribution in [0.1, 0.15) is 19.5 Å². The minimum absolute atomic E-state index is 0. The molecule has 0 aliphatic heterocycles. The van der Waals surface area contributed by atoms with Gasteiger partial charge in [-0.05, 0) is 55.7 Å². The summed E-state index contributed by atoms with van der Waals surface area (Å²) in [6, 6.07) is 22.0. The van der Waals surface area contributed by atoms with Crippen LogP contribution in [0.3, 0.4) is 0 Å². The van der Waals surface area contributed by atoms with Gasteiger partial charge < -0.3 is 16.4 Å². The van der Waals surface area contributed by atoms with Gasteiger partial charge in [0.25, 0.3) is 0 Å². The number of hydrogen-bond acceptors (Lipinski definition) is 4. The molecule has 0 bridgehead atoms. The summed E-state index contributed by atoms with van der Waals surface area (Å²) < 4.78 is 30.8. The van der Waals surface area contributed by atoms with Gasteiger partial charge in [0.2, 0.25) is 0 Å². The van der Waals surface area contributed by atoms with Gasteiger partial charge in [0.15, 0.2) is 0 Å². The largest absolute Gasteiger partial charge is 2.00 e. The van der Waals surface area contributed by atoms with Crippen LogP contribution in [0.2, 0.25) is 0 Å². The first-order valence-corrected chi connectivity index (χ1v) is 9.79. The number of benzene rings is 3. The average Bonchev–Trinajstić information content (AvgIpc) is 2.61. The molecule has 27 heavy (non-hydrogen) atoms. The van der Waals surface area contributed by atoms with E-state index >= 15 is 0 Å². The fourth-order valence-corrected chi connectivity index (χ4v) is 3.84. The predicted octanol–water partition coefficient (Wildman–Crippen LogP) is 6.10. The maximum atomic E-state index is 13.5. The van der Waals surface area contributed by atoms with Crippen LogP contribution >= 0.6 is 7.82 Å². The van der Waals surface area contributed by atoms with Crippen molar-refractivity contribution in [2.45, 2.75) is 20.8 Å². The third-order valence-electron chi connectivity index (χ3n) is 3.91. The molecule has 0 aromatic heterocycles. The minimum Gasteiger partial charge on any atom is -1.00 e. The average molecular weight is 458 g/mol. The van der Waals surface area contributed by atoms with E-state index in [-0.39, 0.29) is 48.3 Å². The van der Waals surface area contributed by atoms with Gasteiger partial charge in [-0.1, -0.05) is 54.6 Å². The third kappa shape index (κ3) is 5.87. The van der Waals surface area contributed by atoms with Gasteiger partial charge in [0.05, 0.1) is 0 Å². The van der Waals surface area contributed by atoms with Crippen LogP contribution in [0.4, 0.5) is 0 Å². The van der Waals surface area contributed by atoms with Crippen molar-refractivity contribution in [1.29, 1.82) is 0 Å². The second-order valence-electron chi connectivity index (χ2n) is 6.02. The number of phosphoric acid groups is 1. The van der Waals surface area contributed by atoms with Gasteiger partial charge in [-0.2, -0.15) is 4.57 Å².